The SMILES string of the molecule is C[C@@H](O)CC(=O)O[C@H]1CCOC1. The molecule has 2 atom stereocenters. The number of hydrogen-bond donors (Lipinski definition) is 1. The van der Waals surface area contributed by atoms with Gasteiger partial charge in [-0.25, -0.2) is 0 Å². The van der Waals surface area contributed by atoms with Gasteiger partial charge in [-0.1, -0.05) is 0 Å². The molecular formula is C8H14O4. The monoisotopic (exact) mass is 174 g/mol. The summed E-state index contributed by atoms with van der Waals surface area (Å²) in [5, 5.41) is 8.86. The van der Waals surface area contributed by atoms with E-state index in [4.69, 9.17) is 14.6 Å². The van der Waals surface area contributed by atoms with Gasteiger partial charge >= 0.3 is 5.97 Å². The van der Waals surface area contributed by atoms with Crippen LogP contribution in [0, 0.1) is 0 Å². The highest BCUT2D eigenvalue weighted by molar-refractivity contribution is 5.70. The second-order valence-corrected chi connectivity index (χ2v) is 3.03. The van der Waals surface area contributed by atoms with Gasteiger partial charge in [0.15, 0.2) is 0 Å². The number of aliphatic hydroxyl groups is 1. The van der Waals surface area contributed by atoms with Crippen LogP contribution in [0.25, 0.3) is 0 Å². The molecule has 0 spiro atoms. The summed E-state index contributed by atoms with van der Waals surface area (Å²) in [4.78, 5) is 11.0. The fraction of sp³-hybridized carbons (Fsp3) is 0.875. The van der Waals surface area contributed by atoms with Gasteiger partial charge in [0.05, 0.1) is 25.7 Å². The maximum absolute atomic E-state index is 11.0. The standard InChI is InChI=1S/C8H14O4/c1-6(9)4-8(10)12-7-2-3-11-5-7/h6-7,9H,2-5H2,1H3/t6-,7+/m1/s1. The van der Waals surface area contributed by atoms with Crippen LogP contribution in [0.15, 0.2) is 0 Å². The van der Waals surface area contributed by atoms with Crippen molar-refractivity contribution in [2.24, 2.45) is 0 Å². The van der Waals surface area contributed by atoms with E-state index in [0.717, 1.165) is 6.42 Å². The lowest BCUT2D eigenvalue weighted by molar-refractivity contribution is -0.150. The van der Waals surface area contributed by atoms with E-state index in [1.165, 1.54) is 0 Å². The Bertz CT molecular complexity index is 149. The average Bonchev–Trinajstić information content (AvgIpc) is 2.37. The lowest BCUT2D eigenvalue weighted by atomic mass is 10.3. The summed E-state index contributed by atoms with van der Waals surface area (Å²) in [5.74, 6) is -0.347. The fourth-order valence-corrected chi connectivity index (χ4v) is 1.08. The van der Waals surface area contributed by atoms with Crippen molar-refractivity contribution in [3.63, 3.8) is 0 Å². The van der Waals surface area contributed by atoms with Gasteiger partial charge < -0.3 is 14.6 Å². The summed E-state index contributed by atoms with van der Waals surface area (Å²) in [7, 11) is 0. The number of aliphatic hydroxyl groups excluding tert-OH is 1. The smallest absolute Gasteiger partial charge is 0.308 e. The van der Waals surface area contributed by atoms with Crippen LogP contribution < -0.4 is 0 Å². The molecule has 12 heavy (non-hydrogen) atoms. The second-order valence-electron chi connectivity index (χ2n) is 3.03. The topological polar surface area (TPSA) is 55.8 Å². The molecule has 0 aromatic heterocycles. The molecule has 1 aliphatic rings. The largest absolute Gasteiger partial charge is 0.460 e. The molecule has 4 nitrogen and oxygen atoms in total. The molecule has 0 amide bonds. The third kappa shape index (κ3) is 3.19. The predicted octanol–water partition coefficient (Wildman–Crippen LogP) is 0.0894. The van der Waals surface area contributed by atoms with Crippen molar-refractivity contribution in [3.8, 4) is 0 Å². The van der Waals surface area contributed by atoms with Crippen LogP contribution in [-0.4, -0.2) is 36.5 Å². The number of carbonyl (C=O) groups is 1. The van der Waals surface area contributed by atoms with Crippen LogP contribution in [0.4, 0.5) is 0 Å². The van der Waals surface area contributed by atoms with Gasteiger partial charge in [-0.05, 0) is 6.92 Å². The van der Waals surface area contributed by atoms with Gasteiger partial charge in [0.1, 0.15) is 6.10 Å². The molecule has 1 aliphatic heterocycles. The maximum atomic E-state index is 11.0. The molecule has 70 valence electrons. The van der Waals surface area contributed by atoms with Crippen LogP contribution in [0.2, 0.25) is 0 Å². The Morgan fingerprint density at radius 1 is 1.83 bits per heavy atom. The molecule has 0 unspecified atom stereocenters. The molecule has 4 heteroatoms. The number of hydrogen-bond acceptors (Lipinski definition) is 4. The van der Waals surface area contributed by atoms with E-state index in [2.05, 4.69) is 0 Å². The zero-order valence-electron chi connectivity index (χ0n) is 7.16. The van der Waals surface area contributed by atoms with Crippen LogP contribution in [0.1, 0.15) is 19.8 Å². The lowest BCUT2D eigenvalue weighted by Crippen LogP contribution is -2.20. The van der Waals surface area contributed by atoms with Gasteiger partial charge in [-0.15, -0.1) is 0 Å². The molecule has 1 rings (SSSR count). The van der Waals surface area contributed by atoms with Crippen molar-refractivity contribution >= 4 is 5.97 Å². The summed E-state index contributed by atoms with van der Waals surface area (Å²) < 4.78 is 10.0. The highest BCUT2D eigenvalue weighted by Crippen LogP contribution is 2.09. The highest BCUT2D eigenvalue weighted by atomic mass is 16.6. The zero-order chi connectivity index (χ0) is 8.97. The Balaban J connectivity index is 2.16. The predicted molar refractivity (Wildman–Crippen MR) is 41.6 cm³/mol. The molecule has 1 saturated heterocycles. The van der Waals surface area contributed by atoms with E-state index in [1.54, 1.807) is 6.92 Å². The first-order valence-corrected chi connectivity index (χ1v) is 4.14. The Labute approximate surface area is 71.5 Å². The normalized spacial score (nSPS) is 25.3. The minimum atomic E-state index is -0.625. The van der Waals surface area contributed by atoms with Crippen molar-refractivity contribution in [2.45, 2.75) is 32.0 Å². The Morgan fingerprint density at radius 3 is 3.08 bits per heavy atom. The van der Waals surface area contributed by atoms with E-state index in [1.807, 2.05) is 0 Å². The Hall–Kier alpha value is -0.610. The van der Waals surface area contributed by atoms with Gasteiger partial charge in [-0.3, -0.25) is 4.79 Å². The molecule has 0 saturated carbocycles. The number of rotatable bonds is 3. The summed E-state index contributed by atoms with van der Waals surface area (Å²) in [6, 6.07) is 0. The van der Waals surface area contributed by atoms with Crippen molar-refractivity contribution in [1.29, 1.82) is 0 Å². The summed E-state index contributed by atoms with van der Waals surface area (Å²) >= 11 is 0. The quantitative estimate of drug-likeness (QED) is 0.616. The number of esters is 1. The molecule has 0 radical (unpaired) electrons. The van der Waals surface area contributed by atoms with Crippen molar-refractivity contribution in [3.05, 3.63) is 0 Å². The zero-order valence-corrected chi connectivity index (χ0v) is 7.16. The second kappa shape index (κ2) is 4.42. The third-order valence-corrected chi connectivity index (χ3v) is 1.65. The van der Waals surface area contributed by atoms with Gasteiger partial charge in [0, 0.05) is 6.42 Å². The van der Waals surface area contributed by atoms with Crippen molar-refractivity contribution in [2.75, 3.05) is 13.2 Å². The average molecular weight is 174 g/mol. The van der Waals surface area contributed by atoms with Crippen LogP contribution in [0.3, 0.4) is 0 Å². The van der Waals surface area contributed by atoms with Crippen LogP contribution in [0.5, 0.6) is 0 Å². The molecule has 0 aliphatic carbocycles. The van der Waals surface area contributed by atoms with Crippen LogP contribution >= 0.6 is 0 Å². The number of carbonyl (C=O) groups excluding carboxylic acids is 1. The van der Waals surface area contributed by atoms with E-state index in [0.29, 0.717) is 13.2 Å². The lowest BCUT2D eigenvalue weighted by Gasteiger charge is -2.10. The minimum absolute atomic E-state index is 0.0660. The van der Waals surface area contributed by atoms with Gasteiger partial charge in [0.25, 0.3) is 0 Å². The first kappa shape index (κ1) is 9.48. The van der Waals surface area contributed by atoms with E-state index in [9.17, 15) is 4.79 Å². The highest BCUT2D eigenvalue weighted by Gasteiger charge is 2.20. The molecule has 1 N–H and O–H groups in total. The fourth-order valence-electron chi connectivity index (χ4n) is 1.08. The van der Waals surface area contributed by atoms with Crippen molar-refractivity contribution < 1.29 is 19.4 Å². The van der Waals surface area contributed by atoms with Crippen LogP contribution in [-0.2, 0) is 14.3 Å². The van der Waals surface area contributed by atoms with Gasteiger partial charge in [-0.2, -0.15) is 0 Å². The minimum Gasteiger partial charge on any atom is -0.460 e. The molecule has 0 aromatic rings. The Kier molecular flexibility index (Phi) is 3.49. The molecular weight excluding hydrogens is 160 g/mol. The van der Waals surface area contributed by atoms with E-state index < -0.39 is 6.10 Å². The van der Waals surface area contributed by atoms with E-state index in [-0.39, 0.29) is 18.5 Å². The Morgan fingerprint density at radius 2 is 2.58 bits per heavy atom. The summed E-state index contributed by atoms with van der Waals surface area (Å²) in [6.45, 7) is 2.71. The molecule has 0 bridgehead atoms. The summed E-state index contributed by atoms with van der Waals surface area (Å²) in [6.07, 6.45) is 0.110. The first-order valence-electron chi connectivity index (χ1n) is 4.14. The first-order chi connectivity index (χ1) is 5.68. The van der Waals surface area contributed by atoms with Crippen molar-refractivity contribution in [1.82, 2.24) is 0 Å². The van der Waals surface area contributed by atoms with Gasteiger partial charge in [0.2, 0.25) is 0 Å². The summed E-state index contributed by atoms with van der Waals surface area (Å²) in [5.41, 5.74) is 0. The third-order valence-electron chi connectivity index (χ3n) is 1.65. The molecule has 0 aromatic carbocycles. The number of ether oxygens (including phenoxy) is 2. The molecule has 1 fully saturated rings. The maximum Gasteiger partial charge on any atom is 0.308 e. The van der Waals surface area contributed by atoms with E-state index >= 15 is 0 Å². The molecule has 1 heterocycles.